The number of carbonyl (C=O) groups is 1. The van der Waals surface area contributed by atoms with E-state index in [0.717, 1.165) is 17.8 Å². The molecule has 1 unspecified atom stereocenters. The molecule has 4 rings (SSSR count). The van der Waals surface area contributed by atoms with E-state index in [1.165, 1.54) is 12.1 Å². The molecule has 1 N–H and O–H groups in total. The van der Waals surface area contributed by atoms with Crippen molar-refractivity contribution in [2.45, 2.75) is 13.0 Å². The Hall–Kier alpha value is -2.80. The number of aryl methyl sites for hydroxylation is 2. The van der Waals surface area contributed by atoms with Gasteiger partial charge < -0.3 is 14.8 Å². The quantitative estimate of drug-likeness (QED) is 0.767. The first-order chi connectivity index (χ1) is 12.5. The van der Waals surface area contributed by atoms with Gasteiger partial charge in [0.15, 0.2) is 0 Å². The number of carbonyl (C=O) groups excluding carboxylic acids is 1. The van der Waals surface area contributed by atoms with Crippen molar-refractivity contribution in [2.75, 3.05) is 19.6 Å². The topological polar surface area (TPSA) is 63.1 Å². The van der Waals surface area contributed by atoms with Crippen molar-refractivity contribution in [1.82, 2.24) is 24.8 Å². The number of imidazole rings is 1. The molecule has 1 aliphatic rings. The number of halogens is 1. The molecule has 7 heteroatoms. The van der Waals surface area contributed by atoms with Crippen LogP contribution in [0.5, 0.6) is 0 Å². The Bertz CT molecular complexity index is 983. The summed E-state index contributed by atoms with van der Waals surface area (Å²) in [5.41, 5.74) is 1.70. The number of aromatic nitrogens is 3. The fourth-order valence-electron chi connectivity index (χ4n) is 3.48. The van der Waals surface area contributed by atoms with Crippen LogP contribution in [0.2, 0.25) is 0 Å². The average Bonchev–Trinajstić information content (AvgIpc) is 3.06. The number of hydrogen-bond donors (Lipinski definition) is 1. The molecule has 1 amide bonds. The number of nitrogens with zero attached hydrogens (tertiary/aromatic N) is 4. The molecule has 0 bridgehead atoms. The van der Waals surface area contributed by atoms with Crippen molar-refractivity contribution >= 4 is 16.8 Å². The molecule has 134 valence electrons. The van der Waals surface area contributed by atoms with E-state index in [-0.39, 0.29) is 17.8 Å². The third-order valence-electron chi connectivity index (χ3n) is 4.86. The van der Waals surface area contributed by atoms with Gasteiger partial charge in [-0.05, 0) is 25.1 Å². The van der Waals surface area contributed by atoms with Crippen LogP contribution < -0.4 is 5.32 Å². The van der Waals surface area contributed by atoms with Crippen LogP contribution in [0.3, 0.4) is 0 Å². The first-order valence-electron chi connectivity index (χ1n) is 8.60. The minimum atomic E-state index is -0.333. The van der Waals surface area contributed by atoms with Gasteiger partial charge >= 0.3 is 0 Å². The van der Waals surface area contributed by atoms with E-state index in [4.69, 9.17) is 0 Å². The summed E-state index contributed by atoms with van der Waals surface area (Å²) in [6, 6.07) is 6.09. The highest BCUT2D eigenvalue weighted by Gasteiger charge is 2.32. The van der Waals surface area contributed by atoms with Crippen molar-refractivity contribution in [3.63, 3.8) is 0 Å². The van der Waals surface area contributed by atoms with Crippen LogP contribution in [-0.4, -0.2) is 45.0 Å². The van der Waals surface area contributed by atoms with Crippen LogP contribution >= 0.6 is 0 Å². The fourth-order valence-corrected chi connectivity index (χ4v) is 3.48. The highest BCUT2D eigenvalue weighted by molar-refractivity contribution is 5.99. The van der Waals surface area contributed by atoms with Gasteiger partial charge in [0.25, 0.3) is 5.91 Å². The number of amides is 1. The number of pyridine rings is 1. The monoisotopic (exact) mass is 353 g/mol. The predicted octanol–water partition coefficient (Wildman–Crippen LogP) is 2.20. The molecule has 1 atom stereocenters. The van der Waals surface area contributed by atoms with Crippen LogP contribution in [0, 0.1) is 12.7 Å². The number of fused-ring (bicyclic) bond motifs is 1. The maximum atomic E-state index is 13.4. The molecule has 1 saturated heterocycles. The predicted molar refractivity (Wildman–Crippen MR) is 96.3 cm³/mol. The van der Waals surface area contributed by atoms with Crippen LogP contribution in [-0.2, 0) is 7.05 Å². The highest BCUT2D eigenvalue weighted by Crippen LogP contribution is 2.25. The molecular formula is C19H20FN5O. The molecule has 3 aromatic rings. The van der Waals surface area contributed by atoms with Crippen molar-refractivity contribution in [1.29, 1.82) is 0 Å². The molecular weight excluding hydrogens is 333 g/mol. The summed E-state index contributed by atoms with van der Waals surface area (Å²) in [4.78, 5) is 24.0. The molecule has 0 aliphatic carbocycles. The second-order valence-corrected chi connectivity index (χ2v) is 6.57. The summed E-state index contributed by atoms with van der Waals surface area (Å²) in [6.07, 6.45) is 3.62. The molecule has 6 nitrogen and oxygen atoms in total. The van der Waals surface area contributed by atoms with Gasteiger partial charge in [0.05, 0.1) is 16.8 Å². The number of hydrogen-bond acceptors (Lipinski definition) is 4. The van der Waals surface area contributed by atoms with Crippen molar-refractivity contribution < 1.29 is 9.18 Å². The number of nitrogens with one attached hydrogen (secondary N) is 1. The van der Waals surface area contributed by atoms with Crippen LogP contribution in [0.25, 0.3) is 10.9 Å². The van der Waals surface area contributed by atoms with Gasteiger partial charge in [-0.1, -0.05) is 0 Å². The van der Waals surface area contributed by atoms with E-state index in [2.05, 4.69) is 15.3 Å². The Morgan fingerprint density at radius 2 is 2.19 bits per heavy atom. The Morgan fingerprint density at radius 1 is 1.35 bits per heavy atom. The Kier molecular flexibility index (Phi) is 4.16. The lowest BCUT2D eigenvalue weighted by molar-refractivity contribution is 0.0620. The number of piperazine rings is 1. The van der Waals surface area contributed by atoms with Crippen LogP contribution in [0.1, 0.15) is 27.9 Å². The summed E-state index contributed by atoms with van der Waals surface area (Å²) in [5, 5.41) is 4.09. The van der Waals surface area contributed by atoms with Gasteiger partial charge in [-0.2, -0.15) is 0 Å². The third kappa shape index (κ3) is 2.84. The standard InChI is InChI=1S/C19H20FN5O/c1-12-15(9-13-3-4-14(20)10-16(13)23-12)19(26)25-8-5-21-11-17(25)18-22-6-7-24(18)2/h3-4,6-7,9-10,17,21H,5,8,11H2,1-2H3. The van der Waals surface area contributed by atoms with Gasteiger partial charge in [0.1, 0.15) is 17.7 Å². The highest BCUT2D eigenvalue weighted by atomic mass is 19.1. The third-order valence-corrected chi connectivity index (χ3v) is 4.86. The van der Waals surface area contributed by atoms with Crippen molar-refractivity contribution in [2.24, 2.45) is 7.05 Å². The van der Waals surface area contributed by atoms with E-state index < -0.39 is 0 Å². The normalized spacial score (nSPS) is 17.7. The van der Waals surface area contributed by atoms with E-state index in [0.29, 0.717) is 29.9 Å². The lowest BCUT2D eigenvalue weighted by Crippen LogP contribution is -2.49. The SMILES string of the molecule is Cc1nc2cc(F)ccc2cc1C(=O)N1CCNCC1c1nccn1C. The Morgan fingerprint density at radius 3 is 2.96 bits per heavy atom. The summed E-state index contributed by atoms with van der Waals surface area (Å²) >= 11 is 0. The average molecular weight is 353 g/mol. The van der Waals surface area contributed by atoms with Gasteiger partial charge in [0, 0.05) is 50.5 Å². The lowest BCUT2D eigenvalue weighted by atomic mass is 10.1. The first-order valence-corrected chi connectivity index (χ1v) is 8.60. The molecule has 0 spiro atoms. The molecule has 2 aromatic heterocycles. The van der Waals surface area contributed by atoms with Gasteiger partial charge in [-0.25, -0.2) is 9.37 Å². The first kappa shape index (κ1) is 16.7. The Labute approximate surface area is 150 Å². The van der Waals surface area contributed by atoms with E-state index in [1.54, 1.807) is 25.3 Å². The van der Waals surface area contributed by atoms with Crippen molar-refractivity contribution in [3.05, 3.63) is 59.6 Å². The summed E-state index contributed by atoms with van der Waals surface area (Å²) in [5.74, 6) is 0.440. The number of benzene rings is 1. The zero-order valence-corrected chi connectivity index (χ0v) is 14.7. The molecule has 3 heterocycles. The molecule has 1 aliphatic heterocycles. The zero-order chi connectivity index (χ0) is 18.3. The molecule has 1 aromatic carbocycles. The maximum Gasteiger partial charge on any atom is 0.256 e. The van der Waals surface area contributed by atoms with Gasteiger partial charge in [0.2, 0.25) is 0 Å². The zero-order valence-electron chi connectivity index (χ0n) is 14.7. The number of rotatable bonds is 2. The second-order valence-electron chi connectivity index (χ2n) is 6.57. The van der Waals surface area contributed by atoms with E-state index in [9.17, 15) is 9.18 Å². The summed E-state index contributed by atoms with van der Waals surface area (Å²) in [7, 11) is 1.93. The van der Waals surface area contributed by atoms with Gasteiger partial charge in [-0.3, -0.25) is 9.78 Å². The minimum absolute atomic E-state index is 0.0734. The largest absolute Gasteiger partial charge is 0.336 e. The summed E-state index contributed by atoms with van der Waals surface area (Å²) < 4.78 is 15.4. The van der Waals surface area contributed by atoms with Crippen LogP contribution in [0.4, 0.5) is 4.39 Å². The maximum absolute atomic E-state index is 13.4. The molecule has 1 fully saturated rings. The van der Waals surface area contributed by atoms with E-state index >= 15 is 0 Å². The minimum Gasteiger partial charge on any atom is -0.336 e. The van der Waals surface area contributed by atoms with E-state index in [1.807, 2.05) is 22.7 Å². The molecule has 26 heavy (non-hydrogen) atoms. The van der Waals surface area contributed by atoms with Crippen LogP contribution in [0.15, 0.2) is 36.7 Å². The molecule has 0 saturated carbocycles. The smallest absolute Gasteiger partial charge is 0.256 e. The Balaban J connectivity index is 1.73. The second kappa shape index (κ2) is 6.49. The lowest BCUT2D eigenvalue weighted by Gasteiger charge is -2.36. The fraction of sp³-hybridized carbons (Fsp3) is 0.316. The van der Waals surface area contributed by atoms with Crippen molar-refractivity contribution in [3.8, 4) is 0 Å². The van der Waals surface area contributed by atoms with Gasteiger partial charge in [-0.15, -0.1) is 0 Å². The molecule has 0 radical (unpaired) electrons. The summed E-state index contributed by atoms with van der Waals surface area (Å²) in [6.45, 7) is 3.77.